The number of hydrogen-bond acceptors (Lipinski definition) is 11. The molecule has 3 N–H and O–H groups in total. The number of anilines is 1. The number of methoxy groups -OCH3 is 1. The summed E-state index contributed by atoms with van der Waals surface area (Å²) in [6.07, 6.45) is 0. The lowest BCUT2D eigenvalue weighted by atomic mass is 10.0. The number of halogens is 2. The zero-order valence-electron chi connectivity index (χ0n) is 19.5. The van der Waals surface area contributed by atoms with Crippen LogP contribution < -0.4 is 15.8 Å². The van der Waals surface area contributed by atoms with Gasteiger partial charge in [-0.2, -0.15) is 0 Å². The number of aromatic nitrogens is 1. The molecule has 2 unspecified atom stereocenters. The highest BCUT2D eigenvalue weighted by atomic mass is 35.5. The summed E-state index contributed by atoms with van der Waals surface area (Å²) in [7, 11) is 2.81. The summed E-state index contributed by atoms with van der Waals surface area (Å²) in [5.41, 5.74) is 6.87. The lowest BCUT2D eigenvalue weighted by Gasteiger charge is -2.49. The predicted molar refractivity (Wildman–Crippen MR) is 141 cm³/mol. The molecule has 2 aliphatic heterocycles. The Bertz CT molecular complexity index is 1280. The van der Waals surface area contributed by atoms with Gasteiger partial charge in [0.15, 0.2) is 10.8 Å². The minimum absolute atomic E-state index is 0.00370. The quantitative estimate of drug-likeness (QED) is 0.149. The first-order valence-electron chi connectivity index (χ1n) is 10.7. The number of benzene rings is 1. The number of ether oxygens (including phenoxy) is 2. The van der Waals surface area contributed by atoms with Crippen molar-refractivity contribution >= 4 is 74.9 Å². The second-order valence-corrected chi connectivity index (χ2v) is 10.7. The number of nitrogens with two attached hydrogens (primary N) is 1. The molecule has 0 spiro atoms. The third-order valence-electron chi connectivity index (χ3n) is 5.44. The molecule has 2 aliphatic rings. The molecule has 4 rings (SSSR count). The number of nitrogen functional groups attached to an aromatic ring is 1. The minimum Gasteiger partial charge on any atom is -0.497 e. The summed E-state index contributed by atoms with van der Waals surface area (Å²) in [5.74, 6) is -0.810. The standard InChI is InChI=1S/C22H21Cl2N5O6S2/c1-33-12-5-3-10(4-6-12)8-35-21(32)16-11(7-23)9-36-20-15(19(31)29(16)20)26-18(30)14(28-34-2)13-17(24)37-22(25)27-13/h3-6,15,20H,7-9H2,1-2H3,(H2,25,27)(H,26,30)/b28-14-. The number of nitrogens with zero attached hydrogens (tertiary/aromatic N) is 3. The fourth-order valence-electron chi connectivity index (χ4n) is 3.67. The van der Waals surface area contributed by atoms with E-state index >= 15 is 0 Å². The Balaban J connectivity index is 1.47. The topological polar surface area (TPSA) is 145 Å². The van der Waals surface area contributed by atoms with Crippen LogP contribution in [0.2, 0.25) is 4.34 Å². The number of thiazole rings is 1. The molecule has 3 heterocycles. The number of thioether (sulfide) groups is 1. The first-order chi connectivity index (χ1) is 17.8. The van der Waals surface area contributed by atoms with E-state index in [-0.39, 0.29) is 39.1 Å². The summed E-state index contributed by atoms with van der Waals surface area (Å²) in [6, 6.07) is 6.10. The van der Waals surface area contributed by atoms with E-state index < -0.39 is 29.2 Å². The van der Waals surface area contributed by atoms with Gasteiger partial charge < -0.3 is 25.4 Å². The van der Waals surface area contributed by atoms with Crippen LogP contribution in [0.4, 0.5) is 5.13 Å². The molecule has 0 saturated carbocycles. The molecule has 2 atom stereocenters. The Morgan fingerprint density at radius 2 is 2.03 bits per heavy atom. The molecule has 2 amide bonds. The number of carbonyl (C=O) groups excluding carboxylic acids is 3. The van der Waals surface area contributed by atoms with Gasteiger partial charge in [0.2, 0.25) is 0 Å². The molecule has 11 nitrogen and oxygen atoms in total. The van der Waals surface area contributed by atoms with Crippen LogP contribution >= 0.6 is 46.3 Å². The highest BCUT2D eigenvalue weighted by Crippen LogP contribution is 2.41. The number of alkyl halides is 1. The number of carbonyl (C=O) groups is 3. The van der Waals surface area contributed by atoms with Crippen LogP contribution in [-0.2, 0) is 30.6 Å². The number of β-lactam (4-membered cyclic amide) rings is 1. The van der Waals surface area contributed by atoms with E-state index in [1.54, 1.807) is 31.4 Å². The van der Waals surface area contributed by atoms with Gasteiger partial charge in [0.1, 0.15) is 46.6 Å². The summed E-state index contributed by atoms with van der Waals surface area (Å²) in [5, 5.41) is 5.93. The largest absolute Gasteiger partial charge is 0.497 e. The van der Waals surface area contributed by atoms with Gasteiger partial charge in [0.25, 0.3) is 11.8 Å². The number of esters is 1. The highest BCUT2D eigenvalue weighted by Gasteiger charge is 2.54. The van der Waals surface area contributed by atoms with Crippen molar-refractivity contribution in [2.24, 2.45) is 5.16 Å². The maximum absolute atomic E-state index is 13.1. The smallest absolute Gasteiger partial charge is 0.355 e. The Labute approximate surface area is 229 Å². The minimum atomic E-state index is -0.935. The average molecular weight is 586 g/mol. The lowest BCUT2D eigenvalue weighted by Crippen LogP contribution is -2.71. The van der Waals surface area contributed by atoms with Crippen molar-refractivity contribution in [3.8, 4) is 5.75 Å². The second-order valence-electron chi connectivity index (χ2n) is 7.67. The second kappa shape index (κ2) is 11.6. The van der Waals surface area contributed by atoms with Gasteiger partial charge in [-0.05, 0) is 23.3 Å². The molecule has 1 saturated heterocycles. The molecule has 15 heteroatoms. The van der Waals surface area contributed by atoms with E-state index in [1.807, 2.05) is 0 Å². The normalized spacial score (nSPS) is 19.2. The van der Waals surface area contributed by atoms with Crippen LogP contribution in [0.3, 0.4) is 0 Å². The summed E-state index contributed by atoms with van der Waals surface area (Å²) in [6.45, 7) is -0.00370. The Hall–Kier alpha value is -3.00. The van der Waals surface area contributed by atoms with Gasteiger partial charge in [-0.15, -0.1) is 23.4 Å². The number of oxime groups is 1. The van der Waals surface area contributed by atoms with E-state index in [4.69, 9.17) is 43.2 Å². The number of amides is 2. The summed E-state index contributed by atoms with van der Waals surface area (Å²) >= 11 is 14.5. The van der Waals surface area contributed by atoms with Gasteiger partial charge in [-0.3, -0.25) is 14.5 Å². The zero-order chi connectivity index (χ0) is 26.7. The summed E-state index contributed by atoms with van der Waals surface area (Å²) in [4.78, 5) is 49.2. The van der Waals surface area contributed by atoms with E-state index in [1.165, 1.54) is 23.8 Å². The molecule has 1 fully saturated rings. The van der Waals surface area contributed by atoms with Gasteiger partial charge in [0, 0.05) is 11.6 Å². The molecule has 196 valence electrons. The Morgan fingerprint density at radius 3 is 2.62 bits per heavy atom. The van der Waals surface area contributed by atoms with Crippen molar-refractivity contribution < 1.29 is 28.7 Å². The van der Waals surface area contributed by atoms with Crippen LogP contribution in [0.25, 0.3) is 0 Å². The Kier molecular flexibility index (Phi) is 8.47. The third kappa shape index (κ3) is 5.49. The van der Waals surface area contributed by atoms with Crippen LogP contribution in [0, 0.1) is 0 Å². The summed E-state index contributed by atoms with van der Waals surface area (Å²) < 4.78 is 10.8. The molecule has 0 bridgehead atoms. The molecule has 0 radical (unpaired) electrons. The van der Waals surface area contributed by atoms with Crippen molar-refractivity contribution in [1.29, 1.82) is 0 Å². The molecule has 37 heavy (non-hydrogen) atoms. The zero-order valence-corrected chi connectivity index (χ0v) is 22.7. The number of fused-ring (bicyclic) bond motifs is 1. The first kappa shape index (κ1) is 27.0. The molecule has 1 aromatic carbocycles. The fraction of sp³-hybridized carbons (Fsp3) is 0.318. The Morgan fingerprint density at radius 1 is 1.30 bits per heavy atom. The maximum Gasteiger partial charge on any atom is 0.355 e. The van der Waals surface area contributed by atoms with E-state index in [0.717, 1.165) is 16.9 Å². The van der Waals surface area contributed by atoms with Crippen LogP contribution in [0.1, 0.15) is 11.3 Å². The number of hydrogen-bond donors (Lipinski definition) is 2. The van der Waals surface area contributed by atoms with Gasteiger partial charge in [0.05, 0.1) is 7.11 Å². The van der Waals surface area contributed by atoms with Crippen molar-refractivity contribution in [1.82, 2.24) is 15.2 Å². The van der Waals surface area contributed by atoms with E-state index in [0.29, 0.717) is 17.1 Å². The molecular weight excluding hydrogens is 565 g/mol. The molecule has 1 aromatic heterocycles. The van der Waals surface area contributed by atoms with Crippen molar-refractivity contribution in [3.63, 3.8) is 0 Å². The lowest BCUT2D eigenvalue weighted by molar-refractivity contribution is -0.153. The highest BCUT2D eigenvalue weighted by molar-refractivity contribution is 8.00. The number of rotatable bonds is 9. The van der Waals surface area contributed by atoms with Crippen LogP contribution in [0.15, 0.2) is 40.7 Å². The third-order valence-corrected chi connectivity index (χ3v) is 8.19. The predicted octanol–water partition coefficient (Wildman–Crippen LogP) is 2.37. The average Bonchev–Trinajstić information content (AvgIpc) is 3.24. The monoisotopic (exact) mass is 585 g/mol. The van der Waals surface area contributed by atoms with Crippen LogP contribution in [-0.4, -0.2) is 70.6 Å². The SMILES string of the molecule is CO/N=C(\C(=O)NC1C(=O)N2C(C(=O)OCc3ccc(OC)cc3)=C(CCl)CSC12)c1nc(N)sc1Cl. The molecular formula is C22H21Cl2N5O6S2. The van der Waals surface area contributed by atoms with E-state index in [9.17, 15) is 14.4 Å². The fourth-order valence-corrected chi connectivity index (χ4v) is 6.28. The van der Waals surface area contributed by atoms with Gasteiger partial charge in [-0.1, -0.05) is 40.2 Å². The van der Waals surface area contributed by atoms with Crippen LogP contribution in [0.5, 0.6) is 5.75 Å². The maximum atomic E-state index is 13.1. The van der Waals surface area contributed by atoms with Crippen molar-refractivity contribution in [2.75, 3.05) is 31.6 Å². The first-order valence-corrected chi connectivity index (χ1v) is 13.4. The van der Waals surface area contributed by atoms with Crippen molar-refractivity contribution in [3.05, 3.63) is 51.1 Å². The van der Waals surface area contributed by atoms with Gasteiger partial charge in [-0.25, -0.2) is 9.78 Å². The van der Waals surface area contributed by atoms with Gasteiger partial charge >= 0.3 is 5.97 Å². The van der Waals surface area contributed by atoms with E-state index in [2.05, 4.69) is 15.5 Å². The number of nitrogens with one attached hydrogen (secondary N) is 1. The molecule has 0 aliphatic carbocycles. The molecule has 2 aromatic rings. The van der Waals surface area contributed by atoms with Crippen molar-refractivity contribution in [2.45, 2.75) is 18.0 Å².